The highest BCUT2D eigenvalue weighted by Crippen LogP contribution is 2.32. The molecule has 0 bridgehead atoms. The minimum absolute atomic E-state index is 0.199. The third-order valence-electron chi connectivity index (χ3n) is 4.65. The molecule has 0 fully saturated rings. The number of aliphatic hydroxyl groups excluding tert-OH is 2. The molecule has 164 valence electrons. The molecule has 3 N–H and O–H groups in total. The fourth-order valence-electron chi connectivity index (χ4n) is 2.98. The fourth-order valence-corrected chi connectivity index (χ4v) is 3.25. The van der Waals surface area contributed by atoms with Crippen molar-refractivity contribution in [2.24, 2.45) is 0 Å². The Kier molecular flexibility index (Phi) is 5.92. The van der Waals surface area contributed by atoms with E-state index in [2.05, 4.69) is 25.3 Å². The number of alkyl halides is 3. The Morgan fingerprint density at radius 1 is 1.00 bits per heavy atom. The van der Waals surface area contributed by atoms with E-state index in [1.807, 2.05) is 0 Å². The summed E-state index contributed by atoms with van der Waals surface area (Å²) in [5.74, 6) is 0.569. The van der Waals surface area contributed by atoms with Gasteiger partial charge in [-0.2, -0.15) is 13.2 Å². The largest absolute Gasteiger partial charge is 0.417 e. The summed E-state index contributed by atoms with van der Waals surface area (Å²) in [6, 6.07) is 7.13. The monoisotopic (exact) mass is 461 g/mol. The molecule has 0 amide bonds. The van der Waals surface area contributed by atoms with Crippen LogP contribution in [0.4, 0.5) is 24.8 Å². The number of aliphatic hydroxyl groups is 2. The van der Waals surface area contributed by atoms with Crippen LogP contribution in [-0.2, 0) is 6.18 Å². The van der Waals surface area contributed by atoms with Crippen LogP contribution in [0, 0.1) is 0 Å². The van der Waals surface area contributed by atoms with Crippen molar-refractivity contribution >= 4 is 34.0 Å². The van der Waals surface area contributed by atoms with Gasteiger partial charge in [0.15, 0.2) is 0 Å². The van der Waals surface area contributed by atoms with Crippen LogP contribution in [0.5, 0.6) is 0 Å². The molecule has 0 aliphatic carbocycles. The standard InChI is InChI=1S/C21H15ClF3N5O2/c22-15-5-12(17(32)10-31)7-29-19(15)16-6-11-3-4-26-20(14(11)9-27-16)30-18-2-1-13(8-28-18)21(23,24)25/h1-9,17,31-32H,10H2,(H,26,28,30)/t17-/m1/s1. The first-order chi connectivity index (χ1) is 15.3. The van der Waals surface area contributed by atoms with Gasteiger partial charge in [-0.15, -0.1) is 0 Å². The lowest BCUT2D eigenvalue weighted by Crippen LogP contribution is -2.06. The van der Waals surface area contributed by atoms with E-state index in [4.69, 9.17) is 16.7 Å². The number of aromatic nitrogens is 4. The van der Waals surface area contributed by atoms with E-state index in [-0.39, 0.29) is 10.8 Å². The third-order valence-corrected chi connectivity index (χ3v) is 4.94. The Hall–Kier alpha value is -3.34. The number of nitrogens with zero attached hydrogens (tertiary/aromatic N) is 4. The highest BCUT2D eigenvalue weighted by atomic mass is 35.5. The summed E-state index contributed by atoms with van der Waals surface area (Å²) < 4.78 is 38.2. The number of halogens is 4. The van der Waals surface area contributed by atoms with Gasteiger partial charge >= 0.3 is 6.18 Å². The van der Waals surface area contributed by atoms with Crippen molar-refractivity contribution in [1.29, 1.82) is 0 Å². The van der Waals surface area contributed by atoms with Gasteiger partial charge in [0.2, 0.25) is 0 Å². The van der Waals surface area contributed by atoms with Gasteiger partial charge in [0.25, 0.3) is 0 Å². The molecule has 4 aromatic heterocycles. The number of hydrogen-bond acceptors (Lipinski definition) is 7. The molecule has 4 rings (SSSR count). The predicted octanol–water partition coefficient (Wildman–Crippen LogP) is 4.53. The summed E-state index contributed by atoms with van der Waals surface area (Å²) in [4.78, 5) is 16.6. The van der Waals surface area contributed by atoms with Crippen LogP contribution in [0.3, 0.4) is 0 Å². The number of fused-ring (bicyclic) bond motifs is 1. The molecule has 0 aliphatic rings. The first kappa shape index (κ1) is 21.9. The molecule has 0 saturated heterocycles. The molecular weight excluding hydrogens is 447 g/mol. The minimum Gasteiger partial charge on any atom is -0.393 e. The molecule has 1 atom stereocenters. The van der Waals surface area contributed by atoms with Crippen molar-refractivity contribution in [3.63, 3.8) is 0 Å². The Bertz CT molecular complexity index is 1270. The van der Waals surface area contributed by atoms with E-state index >= 15 is 0 Å². The Balaban J connectivity index is 1.64. The molecule has 0 saturated carbocycles. The van der Waals surface area contributed by atoms with Crippen molar-refractivity contribution in [3.8, 4) is 11.4 Å². The van der Waals surface area contributed by atoms with Crippen molar-refractivity contribution in [3.05, 3.63) is 71.3 Å². The van der Waals surface area contributed by atoms with Gasteiger partial charge in [-0.25, -0.2) is 9.97 Å². The summed E-state index contributed by atoms with van der Waals surface area (Å²) >= 11 is 6.29. The fraction of sp³-hybridized carbons (Fsp3) is 0.143. The number of rotatable bonds is 5. The molecule has 0 spiro atoms. The second-order valence-electron chi connectivity index (χ2n) is 6.80. The Labute approximate surface area is 184 Å². The van der Waals surface area contributed by atoms with Crippen LogP contribution in [-0.4, -0.2) is 36.8 Å². The van der Waals surface area contributed by atoms with Gasteiger partial charge in [-0.1, -0.05) is 11.6 Å². The number of nitrogens with one attached hydrogen (secondary N) is 1. The van der Waals surface area contributed by atoms with Crippen LogP contribution in [0.25, 0.3) is 22.2 Å². The molecule has 7 nitrogen and oxygen atoms in total. The minimum atomic E-state index is -4.47. The van der Waals surface area contributed by atoms with Crippen LogP contribution in [0.15, 0.2) is 55.1 Å². The van der Waals surface area contributed by atoms with Crippen LogP contribution >= 0.6 is 11.6 Å². The van der Waals surface area contributed by atoms with E-state index in [0.717, 1.165) is 17.6 Å². The van der Waals surface area contributed by atoms with Crippen LogP contribution < -0.4 is 5.32 Å². The lowest BCUT2D eigenvalue weighted by atomic mass is 10.1. The average Bonchev–Trinajstić information content (AvgIpc) is 2.78. The first-order valence-electron chi connectivity index (χ1n) is 9.26. The Morgan fingerprint density at radius 2 is 1.81 bits per heavy atom. The summed E-state index contributed by atoms with van der Waals surface area (Å²) in [6.07, 6.45) is -0.323. The molecule has 11 heteroatoms. The normalized spacial score (nSPS) is 12.7. The average molecular weight is 462 g/mol. The summed E-state index contributed by atoms with van der Waals surface area (Å²) in [5, 5.41) is 23.3. The van der Waals surface area contributed by atoms with Gasteiger partial charge in [-0.3, -0.25) is 9.97 Å². The van der Waals surface area contributed by atoms with Gasteiger partial charge in [-0.05, 0) is 35.7 Å². The number of anilines is 2. The lowest BCUT2D eigenvalue weighted by molar-refractivity contribution is -0.137. The second-order valence-corrected chi connectivity index (χ2v) is 7.21. The number of hydrogen-bond donors (Lipinski definition) is 3. The number of pyridine rings is 4. The van der Waals surface area contributed by atoms with Crippen molar-refractivity contribution in [2.75, 3.05) is 11.9 Å². The zero-order valence-electron chi connectivity index (χ0n) is 16.2. The molecule has 0 unspecified atom stereocenters. The van der Waals surface area contributed by atoms with Gasteiger partial charge in [0.05, 0.1) is 22.9 Å². The quantitative estimate of drug-likeness (QED) is 0.401. The maximum absolute atomic E-state index is 12.7. The van der Waals surface area contributed by atoms with Gasteiger partial charge in [0.1, 0.15) is 23.4 Å². The molecule has 4 heterocycles. The van der Waals surface area contributed by atoms with Crippen molar-refractivity contribution in [1.82, 2.24) is 19.9 Å². The van der Waals surface area contributed by atoms with E-state index in [9.17, 15) is 18.3 Å². The lowest BCUT2D eigenvalue weighted by Gasteiger charge is -2.12. The molecule has 0 aliphatic heterocycles. The summed E-state index contributed by atoms with van der Waals surface area (Å²) in [5.41, 5.74) is 0.388. The smallest absolute Gasteiger partial charge is 0.393 e. The molecule has 0 radical (unpaired) electrons. The van der Waals surface area contributed by atoms with Gasteiger partial charge < -0.3 is 15.5 Å². The molecule has 4 aromatic rings. The maximum Gasteiger partial charge on any atom is 0.417 e. The van der Waals surface area contributed by atoms with Crippen molar-refractivity contribution in [2.45, 2.75) is 12.3 Å². The zero-order chi connectivity index (χ0) is 22.9. The van der Waals surface area contributed by atoms with E-state index in [1.165, 1.54) is 24.5 Å². The van der Waals surface area contributed by atoms with E-state index in [1.54, 1.807) is 18.3 Å². The van der Waals surface area contributed by atoms with E-state index in [0.29, 0.717) is 28.2 Å². The highest BCUT2D eigenvalue weighted by molar-refractivity contribution is 6.33. The molecular formula is C21H15ClF3N5O2. The van der Waals surface area contributed by atoms with Crippen molar-refractivity contribution < 1.29 is 23.4 Å². The molecule has 0 aromatic carbocycles. The second kappa shape index (κ2) is 8.65. The van der Waals surface area contributed by atoms with Gasteiger partial charge in [0, 0.05) is 35.7 Å². The van der Waals surface area contributed by atoms with E-state index < -0.39 is 24.5 Å². The van der Waals surface area contributed by atoms with Crippen LogP contribution in [0.1, 0.15) is 17.2 Å². The SMILES string of the molecule is OC[C@@H](O)c1cnc(-c2cc3ccnc(Nc4ccc(C(F)(F)F)cn4)c3cn2)c(Cl)c1. The first-order valence-corrected chi connectivity index (χ1v) is 9.64. The summed E-state index contributed by atoms with van der Waals surface area (Å²) in [6.45, 7) is -0.456. The maximum atomic E-state index is 12.7. The molecule has 32 heavy (non-hydrogen) atoms. The predicted molar refractivity (Wildman–Crippen MR) is 112 cm³/mol. The summed E-state index contributed by atoms with van der Waals surface area (Å²) in [7, 11) is 0. The highest BCUT2D eigenvalue weighted by Gasteiger charge is 2.30. The zero-order valence-corrected chi connectivity index (χ0v) is 16.9. The topological polar surface area (TPSA) is 104 Å². The third kappa shape index (κ3) is 4.47. The Morgan fingerprint density at radius 3 is 2.47 bits per heavy atom. The van der Waals surface area contributed by atoms with Crippen LogP contribution in [0.2, 0.25) is 5.02 Å².